The predicted octanol–water partition coefficient (Wildman–Crippen LogP) is 3.41. The zero-order valence-electron chi connectivity index (χ0n) is 7.81. The topological polar surface area (TPSA) is 26.0 Å². The van der Waals surface area contributed by atoms with Gasteiger partial charge in [0.05, 0.1) is 0 Å². The van der Waals surface area contributed by atoms with Gasteiger partial charge in [0.1, 0.15) is 5.52 Å². The Kier molecular flexibility index (Phi) is 1.81. The molecule has 0 aliphatic heterocycles. The number of aromatic nitrogens is 1. The van der Waals surface area contributed by atoms with E-state index < -0.39 is 0 Å². The summed E-state index contributed by atoms with van der Waals surface area (Å²) in [4.78, 5) is 4.26. The van der Waals surface area contributed by atoms with Crippen LogP contribution < -0.4 is 0 Å². The van der Waals surface area contributed by atoms with Gasteiger partial charge in [-0.25, -0.2) is 4.98 Å². The van der Waals surface area contributed by atoms with Crippen LogP contribution in [0, 0.1) is 20.8 Å². The van der Waals surface area contributed by atoms with Crippen LogP contribution >= 0.6 is 11.6 Å². The molecular formula is C10H10ClNO. The molecule has 2 nitrogen and oxygen atoms in total. The van der Waals surface area contributed by atoms with Crippen molar-refractivity contribution < 1.29 is 4.42 Å². The van der Waals surface area contributed by atoms with Gasteiger partial charge in [-0.1, -0.05) is 11.6 Å². The molecule has 0 fully saturated rings. The van der Waals surface area contributed by atoms with Gasteiger partial charge in [-0.2, -0.15) is 0 Å². The molecule has 0 saturated heterocycles. The Morgan fingerprint density at radius 3 is 2.69 bits per heavy atom. The maximum atomic E-state index is 6.08. The summed E-state index contributed by atoms with van der Waals surface area (Å²) < 4.78 is 5.41. The van der Waals surface area contributed by atoms with E-state index in [2.05, 4.69) is 4.98 Å². The lowest BCUT2D eigenvalue weighted by molar-refractivity contribution is 0.561. The molecule has 0 N–H and O–H groups in total. The van der Waals surface area contributed by atoms with Crippen LogP contribution in [0.1, 0.15) is 17.0 Å². The van der Waals surface area contributed by atoms with Crippen molar-refractivity contribution in [2.75, 3.05) is 0 Å². The van der Waals surface area contributed by atoms with E-state index in [1.54, 1.807) is 0 Å². The van der Waals surface area contributed by atoms with Crippen LogP contribution in [-0.2, 0) is 0 Å². The van der Waals surface area contributed by atoms with E-state index in [1.807, 2.05) is 26.8 Å². The number of nitrogens with zero attached hydrogens (tertiary/aromatic N) is 1. The van der Waals surface area contributed by atoms with E-state index in [0.717, 1.165) is 27.2 Å². The second-order valence-electron chi connectivity index (χ2n) is 3.21. The monoisotopic (exact) mass is 195 g/mol. The Labute approximate surface area is 81.5 Å². The number of fused-ring (bicyclic) bond motifs is 1. The zero-order chi connectivity index (χ0) is 9.59. The molecule has 1 aromatic carbocycles. The van der Waals surface area contributed by atoms with Gasteiger partial charge in [-0.15, -0.1) is 0 Å². The van der Waals surface area contributed by atoms with Gasteiger partial charge < -0.3 is 4.42 Å². The number of benzene rings is 1. The van der Waals surface area contributed by atoms with Gasteiger partial charge in [0.15, 0.2) is 11.5 Å². The van der Waals surface area contributed by atoms with Crippen molar-refractivity contribution in [3.05, 3.63) is 28.1 Å². The fourth-order valence-electron chi connectivity index (χ4n) is 1.47. The number of hydrogen-bond acceptors (Lipinski definition) is 2. The minimum absolute atomic E-state index is 0.680. The summed E-state index contributed by atoms with van der Waals surface area (Å²) in [6, 6.07) is 1.92. The standard InChI is InChI=1S/C10H10ClNO/c1-5-4-8-10(6(2)9(5)11)12-7(3)13-8/h4H,1-3H3. The Bertz CT molecular complexity index is 473. The largest absolute Gasteiger partial charge is 0.441 e. The fraction of sp³-hybridized carbons (Fsp3) is 0.300. The van der Waals surface area contributed by atoms with E-state index in [1.165, 1.54) is 0 Å². The third-order valence-electron chi connectivity index (χ3n) is 2.14. The van der Waals surface area contributed by atoms with Crippen LogP contribution in [0.3, 0.4) is 0 Å². The molecular weight excluding hydrogens is 186 g/mol. The summed E-state index contributed by atoms with van der Waals surface area (Å²) in [5.74, 6) is 0.680. The fourth-order valence-corrected chi connectivity index (χ4v) is 1.61. The smallest absolute Gasteiger partial charge is 0.192 e. The molecule has 3 heteroatoms. The van der Waals surface area contributed by atoms with Crippen LogP contribution in [-0.4, -0.2) is 4.98 Å². The molecule has 0 unspecified atom stereocenters. The number of rotatable bonds is 0. The molecule has 0 bridgehead atoms. The van der Waals surface area contributed by atoms with Crippen molar-refractivity contribution in [1.29, 1.82) is 0 Å². The lowest BCUT2D eigenvalue weighted by atomic mass is 10.1. The molecule has 2 aromatic rings. The maximum Gasteiger partial charge on any atom is 0.192 e. The third-order valence-corrected chi connectivity index (χ3v) is 2.72. The van der Waals surface area contributed by atoms with Crippen LogP contribution in [0.2, 0.25) is 5.02 Å². The molecule has 0 radical (unpaired) electrons. The summed E-state index contributed by atoms with van der Waals surface area (Å²) >= 11 is 6.08. The van der Waals surface area contributed by atoms with E-state index in [9.17, 15) is 0 Å². The first-order chi connectivity index (χ1) is 6.09. The molecule has 0 amide bonds. The lowest BCUT2D eigenvalue weighted by Gasteiger charge is -2.00. The molecule has 0 saturated carbocycles. The van der Waals surface area contributed by atoms with Crippen molar-refractivity contribution >= 4 is 22.7 Å². The highest BCUT2D eigenvalue weighted by Crippen LogP contribution is 2.28. The van der Waals surface area contributed by atoms with Crippen LogP contribution in [0.4, 0.5) is 0 Å². The summed E-state index contributed by atoms with van der Waals surface area (Å²) in [6.07, 6.45) is 0. The highest BCUT2D eigenvalue weighted by atomic mass is 35.5. The number of halogens is 1. The van der Waals surface area contributed by atoms with Gasteiger partial charge in [0.2, 0.25) is 0 Å². The molecule has 2 rings (SSSR count). The summed E-state index contributed by atoms with van der Waals surface area (Å²) in [5.41, 5.74) is 3.71. The van der Waals surface area contributed by atoms with Gasteiger partial charge >= 0.3 is 0 Å². The quantitative estimate of drug-likeness (QED) is 0.644. The van der Waals surface area contributed by atoms with Crippen LogP contribution in [0.5, 0.6) is 0 Å². The Balaban J connectivity index is 2.92. The summed E-state index contributed by atoms with van der Waals surface area (Å²) in [5, 5.41) is 0.779. The first kappa shape index (κ1) is 8.57. The molecule has 68 valence electrons. The van der Waals surface area contributed by atoms with E-state index in [0.29, 0.717) is 5.89 Å². The maximum absolute atomic E-state index is 6.08. The summed E-state index contributed by atoms with van der Waals surface area (Å²) in [6.45, 7) is 5.76. The number of aryl methyl sites for hydroxylation is 3. The molecule has 1 heterocycles. The van der Waals surface area contributed by atoms with Crippen molar-refractivity contribution in [3.8, 4) is 0 Å². The van der Waals surface area contributed by atoms with Gasteiger partial charge in [-0.05, 0) is 31.0 Å². The molecule has 0 atom stereocenters. The zero-order valence-corrected chi connectivity index (χ0v) is 8.57. The first-order valence-electron chi connectivity index (χ1n) is 4.12. The highest BCUT2D eigenvalue weighted by molar-refractivity contribution is 6.33. The highest BCUT2D eigenvalue weighted by Gasteiger charge is 2.10. The van der Waals surface area contributed by atoms with Crippen molar-refractivity contribution in [2.45, 2.75) is 20.8 Å². The molecule has 13 heavy (non-hydrogen) atoms. The second kappa shape index (κ2) is 2.74. The number of oxazole rings is 1. The first-order valence-corrected chi connectivity index (χ1v) is 4.50. The van der Waals surface area contributed by atoms with Gasteiger partial charge in [0.25, 0.3) is 0 Å². The Hall–Kier alpha value is -1.02. The SMILES string of the molecule is Cc1nc2c(C)c(Cl)c(C)cc2o1. The summed E-state index contributed by atoms with van der Waals surface area (Å²) in [7, 11) is 0. The third kappa shape index (κ3) is 1.22. The molecule has 0 aliphatic rings. The normalized spacial score (nSPS) is 11.1. The van der Waals surface area contributed by atoms with E-state index >= 15 is 0 Å². The lowest BCUT2D eigenvalue weighted by Crippen LogP contribution is -1.83. The minimum Gasteiger partial charge on any atom is -0.441 e. The predicted molar refractivity (Wildman–Crippen MR) is 53.2 cm³/mol. The molecule has 1 aromatic heterocycles. The van der Waals surface area contributed by atoms with Crippen LogP contribution in [0.25, 0.3) is 11.1 Å². The van der Waals surface area contributed by atoms with Crippen molar-refractivity contribution in [1.82, 2.24) is 4.98 Å². The van der Waals surface area contributed by atoms with Gasteiger partial charge in [-0.3, -0.25) is 0 Å². The average molecular weight is 196 g/mol. The second-order valence-corrected chi connectivity index (χ2v) is 3.59. The Morgan fingerprint density at radius 1 is 1.31 bits per heavy atom. The van der Waals surface area contributed by atoms with Crippen LogP contribution in [0.15, 0.2) is 10.5 Å². The molecule has 0 aliphatic carbocycles. The van der Waals surface area contributed by atoms with E-state index in [4.69, 9.17) is 16.0 Å². The Morgan fingerprint density at radius 2 is 2.00 bits per heavy atom. The average Bonchev–Trinajstić information content (AvgIpc) is 2.42. The number of hydrogen-bond donors (Lipinski definition) is 0. The van der Waals surface area contributed by atoms with E-state index in [-0.39, 0.29) is 0 Å². The van der Waals surface area contributed by atoms with Gasteiger partial charge in [0, 0.05) is 11.9 Å². The van der Waals surface area contributed by atoms with Crippen molar-refractivity contribution in [2.24, 2.45) is 0 Å². The van der Waals surface area contributed by atoms with Crippen molar-refractivity contribution in [3.63, 3.8) is 0 Å². The minimum atomic E-state index is 0.680. The molecule has 0 spiro atoms.